The minimum absolute atomic E-state index is 0.144. The van der Waals surface area contributed by atoms with Crippen LogP contribution in [-0.4, -0.2) is 278 Å². The summed E-state index contributed by atoms with van der Waals surface area (Å²) in [4.78, 5) is 234. The van der Waals surface area contributed by atoms with Crippen LogP contribution in [0.3, 0.4) is 0 Å². The Kier molecular flexibility index (Phi) is 41.5. The second-order valence-corrected chi connectivity index (χ2v) is 26.0. The molecular formula is C62H97N17O23S4. The van der Waals surface area contributed by atoms with Crippen LogP contribution in [0, 0.1) is 5.92 Å². The Morgan fingerprint density at radius 3 is 1.31 bits per heavy atom. The fourth-order valence-corrected chi connectivity index (χ4v) is 10.5. The summed E-state index contributed by atoms with van der Waals surface area (Å²) in [5.41, 5.74) is 0.388. The van der Waals surface area contributed by atoms with E-state index in [1.165, 1.54) is 52.0 Å². The van der Waals surface area contributed by atoms with Gasteiger partial charge in [-0.1, -0.05) is 32.4 Å². The predicted octanol–water partition coefficient (Wildman–Crippen LogP) is -9.49. The molecule has 1 aromatic rings. The third-order valence-electron chi connectivity index (χ3n) is 15.9. The predicted molar refractivity (Wildman–Crippen MR) is 388 cm³/mol. The Labute approximate surface area is 631 Å². The van der Waals surface area contributed by atoms with Crippen LogP contribution in [0.4, 0.5) is 0 Å². The fourth-order valence-electron chi connectivity index (χ4n) is 9.44. The highest BCUT2D eigenvalue weighted by molar-refractivity contribution is 7.80. The monoisotopic (exact) mass is 1580 g/mol. The molecule has 0 unspecified atom stereocenters. The quantitative estimate of drug-likeness (QED) is 0.0270. The third kappa shape index (κ3) is 33.1. The Morgan fingerprint density at radius 1 is 0.434 bits per heavy atom. The van der Waals surface area contributed by atoms with Crippen molar-refractivity contribution in [2.24, 2.45) is 5.92 Å². The van der Waals surface area contributed by atoms with Gasteiger partial charge in [0.25, 0.3) is 0 Å². The van der Waals surface area contributed by atoms with E-state index < -0.39 is 248 Å². The number of aliphatic hydroxyl groups is 2. The summed E-state index contributed by atoms with van der Waals surface area (Å²) in [6.07, 6.45) is -3.04. The largest absolute Gasteiger partial charge is 0.508 e. The summed E-state index contributed by atoms with van der Waals surface area (Å²) in [6.45, 7) is 6.89. The molecule has 0 aliphatic carbocycles. The molecular weight excluding hydrogens is 1480 g/mol. The van der Waals surface area contributed by atoms with Gasteiger partial charge in [0.2, 0.25) is 94.5 Å². The highest BCUT2D eigenvalue weighted by Gasteiger charge is 2.37. The molecule has 2 rings (SSSR count). The molecule has 0 spiro atoms. The molecule has 1 aliphatic rings. The summed E-state index contributed by atoms with van der Waals surface area (Å²) in [7, 11) is 0. The van der Waals surface area contributed by atoms with Gasteiger partial charge in [-0.3, -0.25) is 81.5 Å². The van der Waals surface area contributed by atoms with E-state index in [4.69, 9.17) is 5.11 Å². The van der Waals surface area contributed by atoms with Crippen LogP contribution in [0.15, 0.2) is 24.3 Å². The molecule has 0 aromatic heterocycles. The standard InChI is InChI=1S/C62H97N17O23S4/c1-8-27(2)47(78-54(93)36(15-16-46(87)88)73-57(96)39(24-104)76-61(100)49(32(7)81)77-45(86)22-65-53(92)35-10-9-17-63-35)59(98)66-20-43(84)71-38(23-103)56(95)70-30(5)52(91)74-37(18-33-11-13-34(82)14-12-33)55(94)69-28(3)50(89)64-19-42(83)68-29(4)51(90)75-40(25-105)58(97)79-48(31(6)80)60(99)67-21-44(85)72-41(26-106)62(101)102/h11-14,27-32,35-41,47-49,63,80-82,103-106H,8-10,15-26H2,1-7H3,(H,64,89)(H,65,92)(H,66,98)(H,67,99)(H,68,83)(H,69,94)(H,70,95)(H,71,84)(H,72,85)(H,73,96)(H,74,91)(H,75,90)(H,76,100)(H,77,86)(H,78,93)(H,79,97)(H,87,88)(H,101,102)/t27-,28-,29-,30-,31+,32+,35-,36-,37-,38-,39-,40-,41-,47-,48-,49-/m0/s1. The molecule has 1 aliphatic heterocycles. The van der Waals surface area contributed by atoms with Crippen LogP contribution >= 0.6 is 50.5 Å². The summed E-state index contributed by atoms with van der Waals surface area (Å²) in [6, 6.07) is -13.2. The van der Waals surface area contributed by atoms with Gasteiger partial charge in [-0.25, -0.2) is 4.79 Å². The number of amides is 16. The van der Waals surface area contributed by atoms with Crippen LogP contribution in [0.5, 0.6) is 5.75 Å². The molecule has 1 saturated heterocycles. The summed E-state index contributed by atoms with van der Waals surface area (Å²) in [5.74, 6) is -20.2. The average Bonchev–Trinajstić information content (AvgIpc) is 1.09. The number of phenolic OH excluding ortho intramolecular Hbond substituents is 1. The Bertz CT molecular complexity index is 3280. The van der Waals surface area contributed by atoms with Crippen LogP contribution in [0.2, 0.25) is 0 Å². The average molecular weight is 1580 g/mol. The van der Waals surface area contributed by atoms with Gasteiger partial charge in [0.05, 0.1) is 44.4 Å². The Morgan fingerprint density at radius 2 is 0.821 bits per heavy atom. The summed E-state index contributed by atoms with van der Waals surface area (Å²) in [5, 5.41) is 89.2. The van der Waals surface area contributed by atoms with Gasteiger partial charge in [0, 0.05) is 35.9 Å². The zero-order valence-corrected chi connectivity index (χ0v) is 62.6. The maximum absolute atomic E-state index is 13.9. The number of thiol groups is 4. The lowest BCUT2D eigenvalue weighted by Gasteiger charge is -2.28. The fraction of sp³-hybridized carbons (Fsp3) is 0.613. The first-order valence-electron chi connectivity index (χ1n) is 33.3. The molecule has 106 heavy (non-hydrogen) atoms. The van der Waals surface area contributed by atoms with Gasteiger partial charge in [-0.2, -0.15) is 50.5 Å². The maximum Gasteiger partial charge on any atom is 0.327 e. The molecule has 0 radical (unpaired) electrons. The lowest BCUT2D eigenvalue weighted by Crippen LogP contribution is -2.61. The topological polar surface area (TPSA) is 613 Å². The van der Waals surface area contributed by atoms with Crippen LogP contribution in [0.1, 0.15) is 86.1 Å². The first kappa shape index (κ1) is 92.8. The van der Waals surface area contributed by atoms with Crippen molar-refractivity contribution in [2.75, 3.05) is 55.7 Å². The van der Waals surface area contributed by atoms with Crippen LogP contribution in [-0.2, 0) is 92.7 Å². The van der Waals surface area contributed by atoms with Crippen molar-refractivity contribution in [3.05, 3.63) is 29.8 Å². The number of aromatic hydroxyl groups is 1. The first-order valence-corrected chi connectivity index (χ1v) is 35.8. The number of carboxylic acid groups (broad SMARTS) is 2. The smallest absolute Gasteiger partial charge is 0.327 e. The normalized spacial score (nSPS) is 16.6. The second-order valence-electron chi connectivity index (χ2n) is 24.5. The lowest BCUT2D eigenvalue weighted by molar-refractivity contribution is -0.141. The number of hydrogen-bond acceptors (Lipinski definition) is 26. The zero-order valence-electron chi connectivity index (χ0n) is 59.0. The Hall–Kier alpha value is -9.24. The van der Waals surface area contributed by atoms with Gasteiger partial charge in [0.15, 0.2) is 0 Å². The van der Waals surface area contributed by atoms with Crippen molar-refractivity contribution in [3.8, 4) is 5.75 Å². The molecule has 1 aromatic carbocycles. The summed E-state index contributed by atoms with van der Waals surface area (Å²) < 4.78 is 0. The lowest BCUT2D eigenvalue weighted by atomic mass is 9.97. The van der Waals surface area contributed by atoms with Crippen LogP contribution in [0.25, 0.3) is 0 Å². The molecule has 1 heterocycles. The summed E-state index contributed by atoms with van der Waals surface area (Å²) >= 11 is 16.2. The number of benzene rings is 1. The van der Waals surface area contributed by atoms with Gasteiger partial charge in [-0.15, -0.1) is 0 Å². The van der Waals surface area contributed by atoms with Crippen molar-refractivity contribution in [2.45, 2.75) is 178 Å². The molecule has 1 fully saturated rings. The van der Waals surface area contributed by atoms with E-state index in [-0.39, 0.29) is 35.8 Å². The van der Waals surface area contributed by atoms with Crippen molar-refractivity contribution in [1.29, 1.82) is 0 Å². The highest BCUT2D eigenvalue weighted by Crippen LogP contribution is 2.14. The molecule has 16 atom stereocenters. The number of carbonyl (C=O) groups is 18. The van der Waals surface area contributed by atoms with Gasteiger partial charge >= 0.3 is 11.9 Å². The zero-order chi connectivity index (χ0) is 80.2. The second kappa shape index (κ2) is 47.3. The van der Waals surface area contributed by atoms with E-state index in [0.717, 1.165) is 13.3 Å². The number of phenols is 1. The molecule has 44 heteroatoms. The number of nitrogens with one attached hydrogen (secondary N) is 17. The van der Waals surface area contributed by atoms with Crippen molar-refractivity contribution in [3.63, 3.8) is 0 Å². The molecule has 16 amide bonds. The van der Waals surface area contributed by atoms with Crippen molar-refractivity contribution >= 4 is 157 Å². The van der Waals surface area contributed by atoms with Gasteiger partial charge in [-0.05, 0) is 84.0 Å². The number of aliphatic carboxylic acids is 2. The number of hydrogen-bond donors (Lipinski definition) is 26. The minimum atomic E-state index is -1.68. The SMILES string of the molecule is CC[C@H](C)[C@H](NC(=O)[C@H](CCC(=O)O)NC(=O)[C@H](CS)NC(=O)[C@@H](NC(=O)CNC(=O)[C@@H]1CCCN1)[C@@H](C)O)C(=O)NCC(=O)N[C@@H](CS)C(=O)N[C@@H](C)C(=O)N[C@@H](Cc1ccc(O)cc1)C(=O)N[C@@H](C)C(=O)NCC(=O)N[C@@H](C)C(=O)N[C@@H](CS)C(=O)N[C@H](C(=O)NCC(=O)N[C@@H](CS)C(=O)O)[C@@H](C)O. The van der Waals surface area contributed by atoms with E-state index in [2.05, 4.69) is 141 Å². The molecule has 0 bridgehead atoms. The van der Waals surface area contributed by atoms with Gasteiger partial charge < -0.3 is 116 Å². The Balaban J connectivity index is 2.08. The molecule has 0 saturated carbocycles. The molecule has 40 nitrogen and oxygen atoms in total. The maximum atomic E-state index is 13.9. The van der Waals surface area contributed by atoms with Crippen molar-refractivity contribution in [1.82, 2.24) is 90.4 Å². The minimum Gasteiger partial charge on any atom is -0.508 e. The number of aliphatic hydroxyl groups excluding tert-OH is 2. The van der Waals surface area contributed by atoms with Crippen molar-refractivity contribution < 1.29 is 112 Å². The van der Waals surface area contributed by atoms with Gasteiger partial charge in [0.1, 0.15) is 78.3 Å². The number of rotatable bonds is 46. The van der Waals surface area contributed by atoms with E-state index >= 15 is 0 Å². The molecule has 22 N–H and O–H groups in total. The van der Waals surface area contributed by atoms with E-state index in [1.54, 1.807) is 13.8 Å². The van der Waals surface area contributed by atoms with E-state index in [0.29, 0.717) is 18.5 Å². The van der Waals surface area contributed by atoms with E-state index in [1.807, 2.05) is 0 Å². The van der Waals surface area contributed by atoms with E-state index in [9.17, 15) is 107 Å². The first-order chi connectivity index (χ1) is 49.8. The molecule has 592 valence electrons. The number of carbonyl (C=O) groups excluding carboxylic acids is 16. The van der Waals surface area contributed by atoms with Crippen LogP contribution < -0.4 is 90.4 Å². The number of carboxylic acids is 2. The highest BCUT2D eigenvalue weighted by atomic mass is 32.1. The third-order valence-corrected chi connectivity index (χ3v) is 17.3.